The van der Waals surface area contributed by atoms with E-state index in [1.807, 2.05) is 0 Å². The average Bonchev–Trinajstić information content (AvgIpc) is 2.80. The Morgan fingerprint density at radius 2 is 1.83 bits per heavy atom. The van der Waals surface area contributed by atoms with E-state index in [-0.39, 0.29) is 47.1 Å². The molecule has 184 valence electrons. The first-order valence-corrected chi connectivity index (χ1v) is 11.6. The van der Waals surface area contributed by atoms with Crippen molar-refractivity contribution in [1.29, 1.82) is 0 Å². The Bertz CT molecular complexity index is 1240. The van der Waals surface area contributed by atoms with Crippen molar-refractivity contribution < 1.29 is 39.2 Å². The summed E-state index contributed by atoms with van der Waals surface area (Å²) in [5.74, 6) is -1.82. The minimum atomic E-state index is -1.81. The van der Waals surface area contributed by atoms with Gasteiger partial charge in [0.15, 0.2) is 23.6 Å². The fourth-order valence-corrected chi connectivity index (χ4v) is 5.35. The van der Waals surface area contributed by atoms with Crippen molar-refractivity contribution in [2.75, 3.05) is 0 Å². The number of hydrogen-bond donors (Lipinski definition) is 4. The number of aliphatic hydroxyl groups is 2. The smallest absolute Gasteiger partial charge is 0.198 e. The minimum Gasteiger partial charge on any atom is -0.507 e. The van der Waals surface area contributed by atoms with Gasteiger partial charge in [-0.1, -0.05) is 24.3 Å². The Kier molecular flexibility index (Phi) is 5.65. The molecule has 0 radical (unpaired) electrons. The molecule has 5 N–H and O–H groups in total. The number of benzene rings is 2. The predicted molar refractivity (Wildman–Crippen MR) is 122 cm³/mol. The van der Waals surface area contributed by atoms with E-state index in [2.05, 4.69) is 0 Å². The molecule has 6 atom stereocenters. The lowest BCUT2D eigenvalue weighted by molar-refractivity contribution is -0.247. The number of phenolic OH excluding ortho intramolecular Hbond substituents is 1. The highest BCUT2D eigenvalue weighted by Gasteiger charge is 2.47. The number of carbonyl (C=O) groups is 3. The van der Waals surface area contributed by atoms with Crippen LogP contribution in [0.15, 0.2) is 30.3 Å². The molecule has 0 saturated carbocycles. The molecule has 3 aliphatic rings. The number of Topliss-reactive ketones (excluding diaryl/α,β-unsaturated/α-hetero) is 1. The van der Waals surface area contributed by atoms with Crippen LogP contribution in [-0.2, 0) is 20.7 Å². The van der Waals surface area contributed by atoms with E-state index < -0.39 is 59.3 Å². The Balaban J connectivity index is 1.62. The second-order valence-corrected chi connectivity index (χ2v) is 9.68. The van der Waals surface area contributed by atoms with Crippen LogP contribution in [0.5, 0.6) is 5.75 Å². The lowest BCUT2D eigenvalue weighted by Crippen LogP contribution is -2.52. The quantitative estimate of drug-likeness (QED) is 0.433. The van der Waals surface area contributed by atoms with Crippen LogP contribution < -0.4 is 5.73 Å². The number of ether oxygens (including phenoxy) is 2. The Morgan fingerprint density at radius 3 is 2.46 bits per heavy atom. The third kappa shape index (κ3) is 3.71. The van der Waals surface area contributed by atoms with E-state index >= 15 is 0 Å². The molecule has 1 aliphatic heterocycles. The maximum atomic E-state index is 13.3. The molecule has 35 heavy (non-hydrogen) atoms. The average molecular weight is 482 g/mol. The molecule has 0 aromatic heterocycles. The second-order valence-electron chi connectivity index (χ2n) is 9.68. The molecule has 1 saturated heterocycles. The Hall–Kier alpha value is -2.95. The molecule has 1 fully saturated rings. The summed E-state index contributed by atoms with van der Waals surface area (Å²) in [6.45, 7) is 2.91. The summed E-state index contributed by atoms with van der Waals surface area (Å²) in [5, 5.41) is 32.6. The lowest BCUT2D eigenvalue weighted by atomic mass is 9.72. The highest BCUT2D eigenvalue weighted by molar-refractivity contribution is 6.29. The summed E-state index contributed by atoms with van der Waals surface area (Å²) in [6, 6.07) is 7.21. The van der Waals surface area contributed by atoms with Gasteiger partial charge in [0.1, 0.15) is 11.4 Å². The highest BCUT2D eigenvalue weighted by atomic mass is 16.7. The molecule has 0 unspecified atom stereocenters. The van der Waals surface area contributed by atoms with Crippen LogP contribution in [0.25, 0.3) is 0 Å². The van der Waals surface area contributed by atoms with E-state index in [0.29, 0.717) is 5.56 Å². The summed E-state index contributed by atoms with van der Waals surface area (Å²) in [5.41, 5.74) is 5.09. The molecule has 9 nitrogen and oxygen atoms in total. The molecular formula is C26H27NO8. The number of phenols is 1. The van der Waals surface area contributed by atoms with Gasteiger partial charge in [-0.2, -0.15) is 0 Å². The van der Waals surface area contributed by atoms with Crippen LogP contribution in [-0.4, -0.2) is 62.8 Å². The van der Waals surface area contributed by atoms with Gasteiger partial charge >= 0.3 is 0 Å². The van der Waals surface area contributed by atoms with Crippen molar-refractivity contribution >= 4 is 17.3 Å². The molecule has 5 rings (SSSR count). The van der Waals surface area contributed by atoms with Crippen LogP contribution in [0, 0.1) is 0 Å². The monoisotopic (exact) mass is 481 g/mol. The summed E-state index contributed by atoms with van der Waals surface area (Å²) in [4.78, 5) is 38.9. The molecule has 2 aromatic rings. The lowest BCUT2D eigenvalue weighted by Gasteiger charge is -2.41. The molecule has 9 heteroatoms. The number of aliphatic hydroxyl groups excluding tert-OH is 1. The summed E-state index contributed by atoms with van der Waals surface area (Å²) >= 11 is 0. The van der Waals surface area contributed by atoms with Crippen LogP contribution in [0.4, 0.5) is 0 Å². The third-order valence-corrected chi connectivity index (χ3v) is 7.36. The minimum absolute atomic E-state index is 0.0178. The van der Waals surface area contributed by atoms with Crippen molar-refractivity contribution in [2.45, 2.75) is 69.4 Å². The third-order valence-electron chi connectivity index (χ3n) is 7.36. The molecule has 1 heterocycles. The Morgan fingerprint density at radius 1 is 1.17 bits per heavy atom. The molecule has 2 aliphatic carbocycles. The number of ketones is 3. The fourth-order valence-electron chi connectivity index (χ4n) is 5.35. The summed E-state index contributed by atoms with van der Waals surface area (Å²) < 4.78 is 11.8. The maximum absolute atomic E-state index is 13.3. The fraction of sp³-hybridized carbons (Fsp3) is 0.423. The standard InChI is InChI=1S/C26H27NO8/c1-11-22(29)17(27)8-19(34-11)35-18-10-26(33,12(2)28)9-13-7-16-21(25(32)20(13)18)24(31)15-6-4-3-5-14(15)23(16)30/h3-7,11,17-19,22,29,32-33H,8-10,27H2,1-2H3/t11-,17-,18-,19-,22-,26-/m0/s1. The number of aromatic hydroxyl groups is 1. The number of fused-ring (bicyclic) bond motifs is 3. The van der Waals surface area contributed by atoms with Crippen molar-refractivity contribution in [3.8, 4) is 5.75 Å². The van der Waals surface area contributed by atoms with Gasteiger partial charge in [0.2, 0.25) is 0 Å². The number of carbonyl (C=O) groups excluding carboxylic acids is 3. The van der Waals surface area contributed by atoms with Gasteiger partial charge in [-0.25, -0.2) is 0 Å². The zero-order valence-corrected chi connectivity index (χ0v) is 19.4. The van der Waals surface area contributed by atoms with Gasteiger partial charge in [-0.3, -0.25) is 14.4 Å². The first-order chi connectivity index (χ1) is 16.5. The van der Waals surface area contributed by atoms with E-state index in [4.69, 9.17) is 15.2 Å². The first-order valence-electron chi connectivity index (χ1n) is 11.6. The molecule has 0 bridgehead atoms. The zero-order chi connectivity index (χ0) is 25.2. The van der Waals surface area contributed by atoms with Gasteiger partial charge in [0, 0.05) is 47.6 Å². The van der Waals surface area contributed by atoms with Gasteiger partial charge in [-0.15, -0.1) is 0 Å². The summed E-state index contributed by atoms with van der Waals surface area (Å²) in [6.07, 6.45) is -3.61. The summed E-state index contributed by atoms with van der Waals surface area (Å²) in [7, 11) is 0. The van der Waals surface area contributed by atoms with Crippen LogP contribution in [0.2, 0.25) is 0 Å². The van der Waals surface area contributed by atoms with Gasteiger partial charge < -0.3 is 30.5 Å². The highest BCUT2D eigenvalue weighted by Crippen LogP contribution is 2.48. The van der Waals surface area contributed by atoms with Crippen molar-refractivity contribution in [1.82, 2.24) is 0 Å². The maximum Gasteiger partial charge on any atom is 0.198 e. The van der Waals surface area contributed by atoms with Crippen LogP contribution >= 0.6 is 0 Å². The molecular weight excluding hydrogens is 454 g/mol. The SMILES string of the molecule is CC(=O)[C@]1(O)Cc2cc3c(c(O)c2[C@@H](O[C@H]2C[C@H](N)[C@@H](O)[C@H](C)O2)C1)C(=O)c1ccccc1C3=O. The van der Waals surface area contributed by atoms with E-state index in [0.717, 1.165) is 0 Å². The van der Waals surface area contributed by atoms with Crippen molar-refractivity contribution in [3.05, 3.63) is 63.7 Å². The van der Waals surface area contributed by atoms with E-state index in [1.165, 1.54) is 19.1 Å². The van der Waals surface area contributed by atoms with Gasteiger partial charge in [-0.05, 0) is 25.5 Å². The first kappa shape index (κ1) is 23.8. The molecule has 2 aromatic carbocycles. The second kappa shape index (κ2) is 8.32. The number of rotatable bonds is 3. The van der Waals surface area contributed by atoms with E-state index in [1.54, 1.807) is 25.1 Å². The zero-order valence-electron chi connectivity index (χ0n) is 19.4. The van der Waals surface area contributed by atoms with Gasteiger partial charge in [0.05, 0.1) is 23.9 Å². The number of hydrogen-bond acceptors (Lipinski definition) is 9. The van der Waals surface area contributed by atoms with Crippen molar-refractivity contribution in [3.63, 3.8) is 0 Å². The number of nitrogens with two attached hydrogens (primary N) is 1. The van der Waals surface area contributed by atoms with E-state index in [9.17, 15) is 29.7 Å². The molecule has 0 amide bonds. The van der Waals surface area contributed by atoms with Crippen LogP contribution in [0.3, 0.4) is 0 Å². The normalized spacial score (nSPS) is 32.0. The van der Waals surface area contributed by atoms with Gasteiger partial charge in [0.25, 0.3) is 0 Å². The predicted octanol–water partition coefficient (Wildman–Crippen LogP) is 1.31. The molecule has 0 spiro atoms. The topological polar surface area (TPSA) is 156 Å². The Labute approximate surface area is 201 Å². The van der Waals surface area contributed by atoms with Crippen LogP contribution in [0.1, 0.15) is 75.8 Å². The van der Waals surface area contributed by atoms with Crippen molar-refractivity contribution in [2.24, 2.45) is 5.73 Å². The largest absolute Gasteiger partial charge is 0.507 e.